The summed E-state index contributed by atoms with van der Waals surface area (Å²) < 4.78 is 5.41. The molecule has 7 rings (SSSR count). The standard InChI is InChI=1S/C27H30N3O6P.C23H23N10O4.C7H14NO4.Tc/c31-16-13-28-25(34)19-1-7-22(8-2-19)37(23-9-3-20(4-10-23)26(35)29-14-17-32)24-11-5-21(6-12-24)27(36)30-15-18-33;24-32-19-5-3-15(11-28-19)21(35)31-17(22(36)37)13-29-20(34)14-2-4-18-16(10-14)12-30-33(18)9-1-6-25-23-26-7-8-27-23;1-6(12)2-8-7(3-9,4-10)5-11;/h1-12,31-33H,13-18H2,(H,28,34)(H,29,35)(H,30,36);2-5,7-8,10-12,17H,1,6,9,13H2,(H,29,34)(H,31,35)(H,36,37)(H2,25,26,27);9-12H,1-5H2;/q;2*-1;+2/p+1. The maximum Gasteiger partial charge on any atom is 0.251 e. The molecule has 0 aliphatic rings. The predicted octanol–water partition coefficient (Wildman–Crippen LogP) is -0.358. The first-order valence-electron chi connectivity index (χ1n) is 26.7. The number of hydrogen-bond donors (Lipinski definition) is 15. The number of nitrogens with zero attached hydrogens (tertiary/aromatic N) is 7. The van der Waals surface area contributed by atoms with Crippen molar-refractivity contribution in [2.24, 2.45) is 5.11 Å². The van der Waals surface area contributed by atoms with Gasteiger partial charge in [0, 0.05) is 92.6 Å². The van der Waals surface area contributed by atoms with Crippen molar-refractivity contribution < 1.29 is 88.3 Å². The third-order valence-electron chi connectivity index (χ3n) is 12.4. The van der Waals surface area contributed by atoms with Crippen molar-refractivity contribution in [3.63, 3.8) is 0 Å². The predicted molar refractivity (Wildman–Crippen MR) is 320 cm³/mol. The largest absolute Gasteiger partial charge is 0.395 e. The molecule has 87 heavy (non-hydrogen) atoms. The molecule has 15 N–H and O–H groups in total. The molecule has 0 saturated heterocycles. The SMILES string of the molecule is C=C(O)C[N-]C(CO)(CO)CO.O=C(NCC(NC(=O)c1ccc(N=[N+]=[Tc])nc1)C(=O)O)c1ccc2c(cnn2CCCNc2ncc[nH]2)c1.O=C(NCCO)c1ccc([PH+](c2ccc(C(=O)NCCO)cc2)c2ccc(C(=O)NCCO)cc2)cc1. The minimum Gasteiger partial charge on any atom is -0.395 e. The van der Waals surface area contributed by atoms with E-state index in [0.717, 1.165) is 33.2 Å². The van der Waals surface area contributed by atoms with Crippen molar-refractivity contribution in [1.82, 2.24) is 54.7 Å². The number of amides is 5. The number of aromatic nitrogens is 5. The number of rotatable bonds is 30. The first-order chi connectivity index (χ1) is 42.0. The Bertz CT molecular complexity index is 3250. The Hall–Kier alpha value is -8.82. The molecule has 4 aromatic carbocycles. The topological polar surface area (TPSA) is 436 Å². The van der Waals surface area contributed by atoms with Gasteiger partial charge in [0.05, 0.1) is 45.2 Å². The Labute approximate surface area is 510 Å². The van der Waals surface area contributed by atoms with Gasteiger partial charge in [-0.3, -0.25) is 23.9 Å². The fourth-order valence-corrected chi connectivity index (χ4v) is 10.5. The summed E-state index contributed by atoms with van der Waals surface area (Å²) in [6.45, 7) is 2.86. The number of imidazole rings is 1. The second kappa shape index (κ2) is 36.2. The number of aliphatic hydroxyl groups is 7. The van der Waals surface area contributed by atoms with Crippen molar-refractivity contribution >= 4 is 82.0 Å². The van der Waals surface area contributed by atoms with E-state index in [-0.39, 0.29) is 81.6 Å². The molecule has 0 aliphatic heterocycles. The van der Waals surface area contributed by atoms with Gasteiger partial charge in [-0.2, -0.15) is 5.10 Å². The van der Waals surface area contributed by atoms with Gasteiger partial charge >= 0.3 is 118 Å². The molecule has 30 heteroatoms. The molecule has 0 aliphatic carbocycles. The third-order valence-corrected chi connectivity index (χ3v) is 15.4. The fourth-order valence-electron chi connectivity index (χ4n) is 7.80. The van der Waals surface area contributed by atoms with Crippen LogP contribution in [-0.4, -0.2) is 192 Å². The summed E-state index contributed by atoms with van der Waals surface area (Å²) in [6.07, 6.45) is 7.17. The molecule has 1 unspecified atom stereocenters. The van der Waals surface area contributed by atoms with Crippen molar-refractivity contribution in [2.75, 3.05) is 84.2 Å². The van der Waals surface area contributed by atoms with E-state index in [4.69, 9.17) is 35.7 Å². The van der Waals surface area contributed by atoms with Gasteiger partial charge in [-0.15, -0.1) is 0 Å². The molecule has 1 atom stereocenters. The number of carboxylic acids is 1. The Morgan fingerprint density at radius 2 is 1.16 bits per heavy atom. The molecule has 28 nitrogen and oxygen atoms in total. The Morgan fingerprint density at radius 1 is 0.655 bits per heavy atom. The summed E-state index contributed by atoms with van der Waals surface area (Å²) >= 11 is 1.70. The third kappa shape index (κ3) is 21.6. The Morgan fingerprint density at radius 3 is 1.60 bits per heavy atom. The summed E-state index contributed by atoms with van der Waals surface area (Å²) in [5, 5.41) is 103. The molecule has 3 aromatic heterocycles. The minimum atomic E-state index is -1.57. The number of fused-ring (bicyclic) bond motifs is 1. The molecule has 0 saturated carbocycles. The zero-order valence-corrected chi connectivity index (χ0v) is 49.7. The zero-order valence-electron chi connectivity index (χ0n) is 46.8. The van der Waals surface area contributed by atoms with Gasteiger partial charge in [-0.1, -0.05) is 18.7 Å². The van der Waals surface area contributed by atoms with E-state index < -0.39 is 57.1 Å². The van der Waals surface area contributed by atoms with Crippen LogP contribution in [0.4, 0.5) is 11.8 Å². The smallest absolute Gasteiger partial charge is 0.251 e. The summed E-state index contributed by atoms with van der Waals surface area (Å²) in [7, 11) is -1.57. The Balaban J connectivity index is 0.000000267. The van der Waals surface area contributed by atoms with Crippen LogP contribution in [0.2, 0.25) is 0 Å². The van der Waals surface area contributed by atoms with Crippen LogP contribution >= 0.6 is 7.92 Å². The first-order valence-corrected chi connectivity index (χ1v) is 29.1. The number of carbonyl (C=O) groups excluding carboxylic acids is 5. The zero-order chi connectivity index (χ0) is 63.1. The molecular weight excluding hydrogens is 1230 g/mol. The van der Waals surface area contributed by atoms with Crippen molar-refractivity contribution in [3.05, 3.63) is 173 Å². The van der Waals surface area contributed by atoms with Crippen LogP contribution < -0.4 is 51.2 Å². The minimum absolute atomic E-state index is 0.0956. The molecule has 0 spiro atoms. The van der Waals surface area contributed by atoms with Crippen LogP contribution in [0, 0.1) is 0 Å². The van der Waals surface area contributed by atoms with E-state index in [0.29, 0.717) is 47.1 Å². The number of carboxylic acid groups (broad SMARTS) is 1. The Kier molecular flexibility index (Phi) is 28.7. The summed E-state index contributed by atoms with van der Waals surface area (Å²) in [5.41, 5.74) is 1.52. The van der Waals surface area contributed by atoms with Gasteiger partial charge in [0.15, 0.2) is 5.95 Å². The average Bonchev–Trinajstić information content (AvgIpc) is 2.85. The molecule has 0 radical (unpaired) electrons. The van der Waals surface area contributed by atoms with Gasteiger partial charge in [0.1, 0.15) is 15.9 Å². The van der Waals surface area contributed by atoms with Gasteiger partial charge in [0.25, 0.3) is 17.7 Å². The summed E-state index contributed by atoms with van der Waals surface area (Å²) in [4.78, 5) is 84.6. The second-order valence-electron chi connectivity index (χ2n) is 18.6. The van der Waals surface area contributed by atoms with Gasteiger partial charge in [-0.05, 0) is 97.4 Å². The van der Waals surface area contributed by atoms with E-state index in [9.17, 15) is 33.9 Å². The van der Waals surface area contributed by atoms with Gasteiger partial charge in [-0.25, -0.2) is 4.98 Å². The number of pyridine rings is 1. The molecule has 7 aromatic rings. The summed E-state index contributed by atoms with van der Waals surface area (Å²) in [6, 6.07) is 28.5. The molecule has 5 amide bonds. The van der Waals surface area contributed by atoms with Gasteiger partial charge < -0.3 is 67.3 Å². The van der Waals surface area contributed by atoms with Crippen LogP contribution in [0.5, 0.6) is 0 Å². The number of hydrogen-bond acceptors (Lipinski definition) is 18. The van der Waals surface area contributed by atoms with Crippen LogP contribution in [0.25, 0.3) is 16.2 Å². The molecule has 461 valence electrons. The van der Waals surface area contributed by atoms with Crippen LogP contribution in [0.3, 0.4) is 0 Å². The molecule has 3 heterocycles. The number of aliphatic hydroxyl groups excluding tert-OH is 7. The van der Waals surface area contributed by atoms with Crippen molar-refractivity contribution in [1.29, 1.82) is 0 Å². The van der Waals surface area contributed by atoms with Crippen molar-refractivity contribution in [3.8, 4) is 0 Å². The number of H-pyrrole nitrogens is 1. The van der Waals surface area contributed by atoms with Gasteiger partial charge in [0.2, 0.25) is 0 Å². The quantitative estimate of drug-likeness (QED) is 0.00899. The number of nitrogens with one attached hydrogen (secondary N) is 7. The van der Waals surface area contributed by atoms with E-state index in [1.54, 1.807) is 91.9 Å². The average molecular weight is 1300 g/mol. The number of aliphatic carboxylic acids is 1. The molecular formula is C57H68N14O14PTc+. The number of aromatic amines is 1. The monoisotopic (exact) mass is 1300 g/mol. The first kappa shape index (κ1) is 69.0. The molecule has 0 fully saturated rings. The van der Waals surface area contributed by atoms with Crippen LogP contribution in [0.1, 0.15) is 58.2 Å². The normalized spacial score (nSPS) is 11.1. The van der Waals surface area contributed by atoms with E-state index in [1.165, 1.54) is 18.3 Å². The maximum absolute atomic E-state index is 12.7. The summed E-state index contributed by atoms with van der Waals surface area (Å²) in [5.74, 6) is -2.38. The molecule has 0 bridgehead atoms. The fraction of sp³-hybridized carbons (Fsp3) is 0.281. The van der Waals surface area contributed by atoms with Crippen LogP contribution in [0.15, 0.2) is 145 Å². The second-order valence-corrected chi connectivity index (χ2v) is 21.5. The number of anilines is 1. The van der Waals surface area contributed by atoms with E-state index >= 15 is 0 Å². The number of aryl methyl sites for hydroxylation is 1. The van der Waals surface area contributed by atoms with E-state index in [2.05, 4.69) is 72.4 Å². The maximum atomic E-state index is 12.7. The number of benzene rings is 4. The number of carbonyl (C=O) groups is 6. The van der Waals surface area contributed by atoms with E-state index in [1.807, 2.05) is 41.1 Å². The van der Waals surface area contributed by atoms with Crippen molar-refractivity contribution in [2.45, 2.75) is 24.5 Å². The van der Waals surface area contributed by atoms with Crippen LogP contribution in [-0.2, 0) is 30.1 Å².